The van der Waals surface area contributed by atoms with Crippen LogP contribution in [0.3, 0.4) is 0 Å². The number of rotatable bonds is 5. The van der Waals surface area contributed by atoms with E-state index in [-0.39, 0.29) is 18.0 Å². The van der Waals surface area contributed by atoms with E-state index in [0.717, 1.165) is 0 Å². The Morgan fingerprint density at radius 3 is 2.61 bits per heavy atom. The van der Waals surface area contributed by atoms with Gasteiger partial charge in [0.1, 0.15) is 11.5 Å². The molecule has 0 aliphatic heterocycles. The van der Waals surface area contributed by atoms with Gasteiger partial charge in [-0.2, -0.15) is 0 Å². The maximum absolute atomic E-state index is 13.0. The SMILES string of the molecule is CC(=O)c1c[nH]c(C(=O)N(C)CC(=O)Nc2cccc(F)c2)c1. The zero-order valence-corrected chi connectivity index (χ0v) is 12.7. The first-order valence-corrected chi connectivity index (χ1v) is 6.87. The molecule has 2 rings (SSSR count). The van der Waals surface area contributed by atoms with Gasteiger partial charge in [0.2, 0.25) is 5.91 Å². The summed E-state index contributed by atoms with van der Waals surface area (Å²) in [5.41, 5.74) is 0.928. The summed E-state index contributed by atoms with van der Waals surface area (Å²) in [5, 5.41) is 2.51. The van der Waals surface area contributed by atoms with Crippen molar-refractivity contribution in [2.45, 2.75) is 6.92 Å². The summed E-state index contributed by atoms with van der Waals surface area (Å²) in [5.74, 6) is -1.50. The van der Waals surface area contributed by atoms with Crippen LogP contribution in [0.1, 0.15) is 27.8 Å². The molecular weight excluding hydrogens is 301 g/mol. The number of benzene rings is 1. The van der Waals surface area contributed by atoms with Crippen molar-refractivity contribution >= 4 is 23.3 Å². The lowest BCUT2D eigenvalue weighted by molar-refractivity contribution is -0.116. The Bertz CT molecular complexity index is 755. The molecule has 0 saturated heterocycles. The average molecular weight is 317 g/mol. The topological polar surface area (TPSA) is 82.3 Å². The Morgan fingerprint density at radius 2 is 2.00 bits per heavy atom. The number of likely N-dealkylation sites (N-methyl/N-ethyl adjacent to an activating group) is 1. The number of aromatic amines is 1. The second kappa shape index (κ2) is 6.87. The highest BCUT2D eigenvalue weighted by atomic mass is 19.1. The molecule has 0 unspecified atom stereocenters. The summed E-state index contributed by atoms with van der Waals surface area (Å²) >= 11 is 0. The number of amides is 2. The quantitative estimate of drug-likeness (QED) is 0.828. The lowest BCUT2D eigenvalue weighted by atomic mass is 10.2. The molecule has 0 atom stereocenters. The Hall–Kier alpha value is -2.96. The molecule has 0 saturated carbocycles. The molecule has 1 aromatic carbocycles. The molecular formula is C16H16FN3O3. The summed E-state index contributed by atoms with van der Waals surface area (Å²) in [6.07, 6.45) is 1.44. The summed E-state index contributed by atoms with van der Waals surface area (Å²) in [7, 11) is 1.46. The lowest BCUT2D eigenvalue weighted by Gasteiger charge is -2.16. The van der Waals surface area contributed by atoms with Gasteiger partial charge in [0.25, 0.3) is 5.91 Å². The summed E-state index contributed by atoms with van der Waals surface area (Å²) < 4.78 is 13.0. The van der Waals surface area contributed by atoms with Crippen molar-refractivity contribution < 1.29 is 18.8 Å². The molecule has 2 N–H and O–H groups in total. The van der Waals surface area contributed by atoms with E-state index in [4.69, 9.17) is 0 Å². The van der Waals surface area contributed by atoms with Crippen LogP contribution in [0.4, 0.5) is 10.1 Å². The van der Waals surface area contributed by atoms with E-state index in [1.807, 2.05) is 0 Å². The monoisotopic (exact) mass is 317 g/mol. The third-order valence-electron chi connectivity index (χ3n) is 3.16. The van der Waals surface area contributed by atoms with E-state index >= 15 is 0 Å². The van der Waals surface area contributed by atoms with Crippen molar-refractivity contribution in [3.63, 3.8) is 0 Å². The van der Waals surface area contributed by atoms with Crippen LogP contribution in [-0.2, 0) is 4.79 Å². The molecule has 7 heteroatoms. The number of carbonyl (C=O) groups is 3. The number of H-pyrrole nitrogens is 1. The molecule has 0 aliphatic carbocycles. The van der Waals surface area contributed by atoms with Crippen molar-refractivity contribution in [2.24, 2.45) is 0 Å². The molecule has 120 valence electrons. The second-order valence-corrected chi connectivity index (χ2v) is 5.08. The summed E-state index contributed by atoms with van der Waals surface area (Å²) in [6, 6.07) is 6.91. The Balaban J connectivity index is 1.97. The molecule has 23 heavy (non-hydrogen) atoms. The van der Waals surface area contributed by atoms with Crippen molar-refractivity contribution in [2.75, 3.05) is 18.9 Å². The van der Waals surface area contributed by atoms with Crippen molar-refractivity contribution in [3.8, 4) is 0 Å². The maximum Gasteiger partial charge on any atom is 0.270 e. The molecule has 0 aliphatic rings. The molecule has 0 bridgehead atoms. The van der Waals surface area contributed by atoms with Gasteiger partial charge in [0.05, 0.1) is 6.54 Å². The predicted octanol–water partition coefficient (Wildman–Crippen LogP) is 2.07. The third-order valence-corrected chi connectivity index (χ3v) is 3.16. The number of nitrogens with zero attached hydrogens (tertiary/aromatic N) is 1. The number of aromatic nitrogens is 1. The minimum atomic E-state index is -0.463. The minimum Gasteiger partial charge on any atom is -0.356 e. The van der Waals surface area contributed by atoms with Gasteiger partial charge in [-0.05, 0) is 31.2 Å². The van der Waals surface area contributed by atoms with Gasteiger partial charge in [0.15, 0.2) is 5.78 Å². The Labute approximate surface area is 132 Å². The van der Waals surface area contributed by atoms with Crippen LogP contribution in [-0.4, -0.2) is 41.1 Å². The molecule has 0 radical (unpaired) electrons. The van der Waals surface area contributed by atoms with Crippen LogP contribution in [0.2, 0.25) is 0 Å². The smallest absolute Gasteiger partial charge is 0.270 e. The van der Waals surface area contributed by atoms with E-state index < -0.39 is 17.6 Å². The molecule has 0 fully saturated rings. The average Bonchev–Trinajstić information content (AvgIpc) is 2.96. The Kier molecular flexibility index (Phi) is 4.90. The van der Waals surface area contributed by atoms with E-state index in [1.54, 1.807) is 6.07 Å². The fourth-order valence-electron chi connectivity index (χ4n) is 1.98. The number of halogens is 1. The zero-order valence-electron chi connectivity index (χ0n) is 12.7. The molecule has 0 spiro atoms. The lowest BCUT2D eigenvalue weighted by Crippen LogP contribution is -2.35. The van der Waals surface area contributed by atoms with E-state index in [1.165, 1.54) is 49.3 Å². The van der Waals surface area contributed by atoms with Gasteiger partial charge in [-0.15, -0.1) is 0 Å². The third kappa shape index (κ3) is 4.26. The molecule has 1 aromatic heterocycles. The highest BCUT2D eigenvalue weighted by Crippen LogP contribution is 2.10. The number of nitrogens with one attached hydrogen (secondary N) is 2. The number of hydrogen-bond acceptors (Lipinski definition) is 3. The normalized spacial score (nSPS) is 10.2. The van der Waals surface area contributed by atoms with Crippen LogP contribution >= 0.6 is 0 Å². The fraction of sp³-hybridized carbons (Fsp3) is 0.188. The van der Waals surface area contributed by atoms with Crippen LogP contribution in [0.25, 0.3) is 0 Å². The first kappa shape index (κ1) is 16.4. The number of anilines is 1. The van der Waals surface area contributed by atoms with E-state index in [9.17, 15) is 18.8 Å². The van der Waals surface area contributed by atoms with E-state index in [2.05, 4.69) is 10.3 Å². The van der Waals surface area contributed by atoms with Gasteiger partial charge in [-0.3, -0.25) is 14.4 Å². The molecule has 1 heterocycles. The van der Waals surface area contributed by atoms with Crippen molar-refractivity contribution in [1.82, 2.24) is 9.88 Å². The van der Waals surface area contributed by atoms with E-state index in [0.29, 0.717) is 11.3 Å². The van der Waals surface area contributed by atoms with Gasteiger partial charge < -0.3 is 15.2 Å². The number of Topliss-reactive ketones (excluding diaryl/α,β-unsaturated/α-hetero) is 1. The standard InChI is InChI=1S/C16H16FN3O3/c1-10(21)11-6-14(18-8-11)16(23)20(2)9-15(22)19-13-5-3-4-12(17)7-13/h3-8,18H,9H2,1-2H3,(H,19,22). The first-order valence-electron chi connectivity index (χ1n) is 6.87. The predicted molar refractivity (Wildman–Crippen MR) is 82.8 cm³/mol. The minimum absolute atomic E-state index is 0.160. The number of ketones is 1. The van der Waals surface area contributed by atoms with Gasteiger partial charge in [0, 0.05) is 24.5 Å². The number of carbonyl (C=O) groups excluding carboxylic acids is 3. The van der Waals surface area contributed by atoms with Crippen molar-refractivity contribution in [1.29, 1.82) is 0 Å². The zero-order chi connectivity index (χ0) is 17.0. The molecule has 2 amide bonds. The highest BCUT2D eigenvalue weighted by molar-refractivity contribution is 6.01. The van der Waals surface area contributed by atoms with Gasteiger partial charge >= 0.3 is 0 Å². The highest BCUT2D eigenvalue weighted by Gasteiger charge is 2.17. The summed E-state index contributed by atoms with van der Waals surface area (Å²) in [4.78, 5) is 39.2. The molecule has 6 nitrogen and oxygen atoms in total. The van der Waals surface area contributed by atoms with Gasteiger partial charge in [-0.25, -0.2) is 4.39 Å². The Morgan fingerprint density at radius 1 is 1.26 bits per heavy atom. The second-order valence-electron chi connectivity index (χ2n) is 5.08. The largest absolute Gasteiger partial charge is 0.356 e. The van der Waals surface area contributed by atoms with Crippen LogP contribution < -0.4 is 5.32 Å². The van der Waals surface area contributed by atoms with Gasteiger partial charge in [-0.1, -0.05) is 6.07 Å². The van der Waals surface area contributed by atoms with Crippen LogP contribution in [0, 0.1) is 5.82 Å². The fourth-order valence-corrected chi connectivity index (χ4v) is 1.98. The van der Waals surface area contributed by atoms with Crippen LogP contribution in [0.15, 0.2) is 36.5 Å². The number of hydrogen-bond donors (Lipinski definition) is 2. The first-order chi connectivity index (χ1) is 10.9. The summed E-state index contributed by atoms with van der Waals surface area (Å²) in [6.45, 7) is 1.19. The van der Waals surface area contributed by atoms with Crippen molar-refractivity contribution in [3.05, 3.63) is 53.6 Å². The molecule has 2 aromatic rings. The maximum atomic E-state index is 13.0. The van der Waals surface area contributed by atoms with Crippen LogP contribution in [0.5, 0.6) is 0 Å².